The number of hydrogen-bond donors (Lipinski definition) is 2. The number of carbonyl (C=O) groups excluding carboxylic acids is 2. The first kappa shape index (κ1) is 85.8. The van der Waals surface area contributed by atoms with Crippen molar-refractivity contribution in [1.29, 1.82) is 0 Å². The van der Waals surface area contributed by atoms with Crippen molar-refractivity contribution in [1.82, 2.24) is 0 Å². The molecule has 10 heteroatoms. The lowest BCUT2D eigenvalue weighted by molar-refractivity contribution is -0.161. The SMILES string of the molecule is CC/C=C\C/C=C\C/C=C\C/C=C\C/C=C\C/C=C\C/C=C\C/C=C\C/C=C\CCCCCCCCCCCCCCCC(=O)OC(COC(=O)CCCCCCCCC/C=C\C/C=C\C/C=C\C/C=C\C/C=C\C/C=C\C/C=C\CC)COP(=O)(O)OCCN. The fraction of sp³-hybridized carbons (Fsp3) is 0.580. The second-order valence-corrected chi connectivity index (χ2v) is 24.4. The molecule has 0 aromatic carbocycles. The average Bonchev–Trinajstić information content (AvgIpc) is 3.74. The van der Waals surface area contributed by atoms with Gasteiger partial charge in [-0.15, -0.1) is 0 Å². The largest absolute Gasteiger partial charge is 0.472 e. The van der Waals surface area contributed by atoms with Gasteiger partial charge in [0.25, 0.3) is 0 Å². The van der Waals surface area contributed by atoms with E-state index >= 15 is 0 Å². The van der Waals surface area contributed by atoms with Gasteiger partial charge in [-0.3, -0.25) is 18.6 Å². The topological polar surface area (TPSA) is 134 Å². The molecule has 0 spiro atoms. The quantitative estimate of drug-likeness (QED) is 0.0264. The molecule has 0 radical (unpaired) electrons. The second-order valence-electron chi connectivity index (χ2n) is 23.0. The van der Waals surface area contributed by atoms with Gasteiger partial charge in [-0.1, -0.05) is 311 Å². The lowest BCUT2D eigenvalue weighted by Crippen LogP contribution is -2.29. The Kier molecular flexibility index (Phi) is 69.7. The fourth-order valence-electron chi connectivity index (χ4n) is 9.26. The number of hydrogen-bond acceptors (Lipinski definition) is 8. The molecule has 0 aromatic heterocycles. The van der Waals surface area contributed by atoms with Crippen LogP contribution in [0, 0.1) is 0 Å². The number of esters is 2. The van der Waals surface area contributed by atoms with E-state index in [0.29, 0.717) is 12.8 Å². The molecule has 0 aromatic rings. The minimum absolute atomic E-state index is 0.0424. The van der Waals surface area contributed by atoms with Gasteiger partial charge >= 0.3 is 19.8 Å². The fourth-order valence-corrected chi connectivity index (χ4v) is 10.0. The zero-order valence-corrected chi connectivity index (χ0v) is 58.4. The van der Waals surface area contributed by atoms with E-state index in [1.54, 1.807) is 0 Å². The molecule has 0 fully saturated rings. The van der Waals surface area contributed by atoms with Gasteiger partial charge in [0.2, 0.25) is 0 Å². The van der Waals surface area contributed by atoms with Crippen molar-refractivity contribution in [2.45, 2.75) is 277 Å². The highest BCUT2D eigenvalue weighted by molar-refractivity contribution is 7.47. The van der Waals surface area contributed by atoms with Crippen molar-refractivity contribution in [3.8, 4) is 0 Å². The van der Waals surface area contributed by atoms with Crippen LogP contribution in [0.5, 0.6) is 0 Å². The molecule has 9 nitrogen and oxygen atoms in total. The predicted octanol–water partition coefficient (Wildman–Crippen LogP) is 24.1. The molecule has 2 unspecified atom stereocenters. The molecule has 0 amide bonds. The molecule has 512 valence electrons. The first-order chi connectivity index (χ1) is 44.8. The van der Waals surface area contributed by atoms with Crippen LogP contribution in [0.3, 0.4) is 0 Å². The zero-order chi connectivity index (χ0) is 65.8. The molecule has 0 rings (SSSR count). The molecule has 2 atom stereocenters. The van der Waals surface area contributed by atoms with Crippen molar-refractivity contribution in [3.63, 3.8) is 0 Å². The summed E-state index contributed by atoms with van der Waals surface area (Å²) >= 11 is 0. The molecule has 0 bridgehead atoms. The van der Waals surface area contributed by atoms with Crippen LogP contribution in [-0.4, -0.2) is 49.3 Å². The number of allylic oxidation sites excluding steroid dienone is 32. The van der Waals surface area contributed by atoms with Crippen LogP contribution in [-0.2, 0) is 32.7 Å². The highest BCUT2D eigenvalue weighted by atomic mass is 31.2. The number of nitrogens with two attached hydrogens (primary N) is 1. The van der Waals surface area contributed by atoms with Gasteiger partial charge in [0, 0.05) is 19.4 Å². The molecule has 0 aliphatic carbocycles. The summed E-state index contributed by atoms with van der Waals surface area (Å²) in [5.74, 6) is -0.851. The summed E-state index contributed by atoms with van der Waals surface area (Å²) in [6.45, 7) is 3.49. The van der Waals surface area contributed by atoms with Crippen LogP contribution < -0.4 is 5.73 Å². The monoisotopic (exact) mass is 1280 g/mol. The van der Waals surface area contributed by atoms with Gasteiger partial charge in [0.05, 0.1) is 13.2 Å². The van der Waals surface area contributed by atoms with Gasteiger partial charge in [-0.25, -0.2) is 4.57 Å². The molecule has 0 saturated carbocycles. The van der Waals surface area contributed by atoms with Crippen LogP contribution in [0.25, 0.3) is 0 Å². The first-order valence-corrected chi connectivity index (χ1v) is 37.4. The smallest absolute Gasteiger partial charge is 0.462 e. The van der Waals surface area contributed by atoms with Crippen LogP contribution in [0.2, 0.25) is 0 Å². The number of phosphoric ester groups is 1. The van der Waals surface area contributed by atoms with Gasteiger partial charge in [-0.05, 0) is 141 Å². The number of phosphoric acid groups is 1. The highest BCUT2D eigenvalue weighted by Crippen LogP contribution is 2.43. The van der Waals surface area contributed by atoms with E-state index < -0.39 is 32.5 Å². The van der Waals surface area contributed by atoms with Gasteiger partial charge in [-0.2, -0.15) is 0 Å². The zero-order valence-electron chi connectivity index (χ0n) is 57.5. The Morgan fingerprint density at radius 2 is 0.571 bits per heavy atom. The molecular formula is C81H130NO8P. The van der Waals surface area contributed by atoms with Crippen molar-refractivity contribution in [2.24, 2.45) is 5.73 Å². The maximum atomic E-state index is 12.8. The molecule has 0 aliphatic heterocycles. The number of unbranched alkanes of at least 4 members (excludes halogenated alkanes) is 20. The van der Waals surface area contributed by atoms with Crippen molar-refractivity contribution in [3.05, 3.63) is 194 Å². The van der Waals surface area contributed by atoms with Gasteiger partial charge in [0.1, 0.15) is 6.61 Å². The highest BCUT2D eigenvalue weighted by Gasteiger charge is 2.26. The molecule has 0 aliphatic rings. The van der Waals surface area contributed by atoms with E-state index in [2.05, 4.69) is 208 Å². The van der Waals surface area contributed by atoms with Crippen LogP contribution in [0.1, 0.15) is 271 Å². The molecular weight excluding hydrogens is 1150 g/mol. The average molecular weight is 1280 g/mol. The Morgan fingerprint density at radius 1 is 0.330 bits per heavy atom. The first-order valence-electron chi connectivity index (χ1n) is 35.9. The molecule has 0 heterocycles. The van der Waals surface area contributed by atoms with Crippen molar-refractivity contribution < 1.29 is 37.6 Å². The Morgan fingerprint density at radius 3 is 0.846 bits per heavy atom. The van der Waals surface area contributed by atoms with Gasteiger partial charge < -0.3 is 20.1 Å². The summed E-state index contributed by atoms with van der Waals surface area (Å²) in [7, 11) is -4.41. The normalized spacial score (nSPS) is 14.1. The third-order valence-electron chi connectivity index (χ3n) is 14.5. The summed E-state index contributed by atoms with van der Waals surface area (Å²) in [5, 5.41) is 0. The van der Waals surface area contributed by atoms with Crippen molar-refractivity contribution >= 4 is 19.8 Å². The van der Waals surface area contributed by atoms with E-state index in [4.69, 9.17) is 24.3 Å². The Bertz CT molecular complexity index is 2200. The lowest BCUT2D eigenvalue weighted by atomic mass is 10.0. The third-order valence-corrected chi connectivity index (χ3v) is 15.5. The Labute approximate surface area is 557 Å². The lowest BCUT2D eigenvalue weighted by Gasteiger charge is -2.19. The number of rotatable bonds is 65. The maximum absolute atomic E-state index is 12.8. The standard InChI is InChI=1S/C81H130NO8P/c1-3-5-7-9-11-13-15-17-19-21-23-25-27-29-31-33-34-35-36-37-38-39-40-41-42-43-44-46-48-50-52-54-56-58-60-62-64-66-68-70-72-74-81(84)90-79(78-89-91(85,86)88-76-75-82)77-87-80(83)73-71-69-67-65-63-61-59-57-55-53-51-49-47-45-32-30-28-26-24-22-20-18-16-14-12-10-8-6-4-2/h5-8,11-14,17-20,23-26,29-32,34-35,37-38,40-41,43-44,47,49,53,55,79H,3-4,9-10,15-16,21-22,27-28,33,36,39,42,45-46,48,50-52,54,56-78,82H2,1-2H3,(H,85,86)/b7-5-,8-6-,13-11-,14-12-,19-17-,20-18-,25-23-,26-24-,31-29-,32-30-,35-34-,38-37-,41-40-,44-43-,49-47-,55-53-. The van der Waals surface area contributed by atoms with Crippen LogP contribution >= 0.6 is 7.82 Å². The van der Waals surface area contributed by atoms with Crippen molar-refractivity contribution in [2.75, 3.05) is 26.4 Å². The van der Waals surface area contributed by atoms with E-state index in [0.717, 1.165) is 148 Å². The summed E-state index contributed by atoms with van der Waals surface area (Å²) in [6.07, 6.45) is 112. The Balaban J connectivity index is 3.96. The van der Waals surface area contributed by atoms with E-state index in [9.17, 15) is 19.0 Å². The number of ether oxygens (including phenoxy) is 2. The molecule has 91 heavy (non-hydrogen) atoms. The molecule has 3 N–H and O–H groups in total. The minimum Gasteiger partial charge on any atom is -0.462 e. The summed E-state index contributed by atoms with van der Waals surface area (Å²) in [4.78, 5) is 35.4. The molecule has 0 saturated heterocycles. The van der Waals surface area contributed by atoms with E-state index in [1.807, 2.05) is 0 Å². The summed E-state index contributed by atoms with van der Waals surface area (Å²) in [5.41, 5.74) is 5.40. The van der Waals surface area contributed by atoms with E-state index in [1.165, 1.54) is 83.5 Å². The maximum Gasteiger partial charge on any atom is 0.472 e. The number of carbonyl (C=O) groups is 2. The van der Waals surface area contributed by atoms with Crippen LogP contribution in [0.15, 0.2) is 194 Å². The van der Waals surface area contributed by atoms with Crippen LogP contribution in [0.4, 0.5) is 0 Å². The minimum atomic E-state index is -4.41. The third kappa shape index (κ3) is 73.8. The second kappa shape index (κ2) is 73.9. The predicted molar refractivity (Wildman–Crippen MR) is 394 cm³/mol. The van der Waals surface area contributed by atoms with E-state index in [-0.39, 0.29) is 32.6 Å². The van der Waals surface area contributed by atoms with Gasteiger partial charge in [0.15, 0.2) is 6.10 Å². The Hall–Kier alpha value is -5.15. The summed E-state index contributed by atoms with van der Waals surface area (Å²) in [6, 6.07) is 0. The summed E-state index contributed by atoms with van der Waals surface area (Å²) < 4.78 is 33.2.